The molecule has 4 nitrogen and oxygen atoms in total. The van der Waals surface area contributed by atoms with E-state index in [2.05, 4.69) is 0 Å². The Morgan fingerprint density at radius 1 is 1.21 bits per heavy atom. The maximum atomic E-state index is 11.5. The summed E-state index contributed by atoms with van der Waals surface area (Å²) in [4.78, 5) is 35.0. The van der Waals surface area contributed by atoms with Gasteiger partial charge in [0.2, 0.25) is 11.8 Å². The molecular formula is C10H15NO3. The smallest absolute Gasteiger partial charge is 0.232 e. The summed E-state index contributed by atoms with van der Waals surface area (Å²) in [7, 11) is 0. The van der Waals surface area contributed by atoms with Gasteiger partial charge in [0.15, 0.2) is 0 Å². The Morgan fingerprint density at radius 3 is 2.00 bits per heavy atom. The van der Waals surface area contributed by atoms with Crippen LogP contribution in [0.25, 0.3) is 0 Å². The van der Waals surface area contributed by atoms with Crippen LogP contribution in [0.3, 0.4) is 0 Å². The largest absolute Gasteiger partial charge is 0.300 e. The van der Waals surface area contributed by atoms with Crippen LogP contribution >= 0.6 is 0 Å². The molecule has 1 aliphatic rings. The normalized spacial score (nSPS) is 27.2. The molecule has 1 rings (SSSR count). The maximum absolute atomic E-state index is 11.5. The molecule has 1 heterocycles. The molecule has 2 unspecified atom stereocenters. The maximum Gasteiger partial charge on any atom is 0.232 e. The molecule has 0 aromatic rings. The Bertz CT molecular complexity index is 265. The zero-order valence-electron chi connectivity index (χ0n) is 8.74. The first-order valence-electron chi connectivity index (χ1n) is 4.79. The molecule has 78 valence electrons. The zero-order chi connectivity index (χ0) is 10.9. The highest BCUT2D eigenvalue weighted by Crippen LogP contribution is 2.25. The lowest BCUT2D eigenvalue weighted by atomic mass is 10.00. The van der Waals surface area contributed by atoms with Crippen molar-refractivity contribution in [1.29, 1.82) is 0 Å². The van der Waals surface area contributed by atoms with Gasteiger partial charge in [-0.15, -0.1) is 0 Å². The van der Waals surface area contributed by atoms with E-state index in [1.54, 1.807) is 13.8 Å². The molecule has 0 spiro atoms. The molecule has 4 heteroatoms. The van der Waals surface area contributed by atoms with Crippen molar-refractivity contribution in [2.75, 3.05) is 6.54 Å². The van der Waals surface area contributed by atoms with Crippen molar-refractivity contribution in [2.24, 2.45) is 11.8 Å². The van der Waals surface area contributed by atoms with Gasteiger partial charge in [-0.25, -0.2) is 0 Å². The molecule has 0 aromatic heterocycles. The first-order valence-corrected chi connectivity index (χ1v) is 4.79. The van der Waals surface area contributed by atoms with E-state index in [1.807, 2.05) is 0 Å². The molecule has 1 aliphatic heterocycles. The summed E-state index contributed by atoms with van der Waals surface area (Å²) >= 11 is 0. The van der Waals surface area contributed by atoms with E-state index >= 15 is 0 Å². The van der Waals surface area contributed by atoms with E-state index in [0.29, 0.717) is 0 Å². The highest BCUT2D eigenvalue weighted by atomic mass is 16.2. The van der Waals surface area contributed by atoms with Gasteiger partial charge in [0.25, 0.3) is 0 Å². The summed E-state index contributed by atoms with van der Waals surface area (Å²) in [5.74, 6) is -0.783. The monoisotopic (exact) mass is 197 g/mol. The fraction of sp³-hybridized carbons (Fsp3) is 0.700. The van der Waals surface area contributed by atoms with E-state index in [9.17, 15) is 14.4 Å². The minimum atomic E-state index is -0.241. The number of amides is 2. The van der Waals surface area contributed by atoms with Crippen LogP contribution in [0.15, 0.2) is 0 Å². The first-order chi connectivity index (χ1) is 6.45. The van der Waals surface area contributed by atoms with Crippen molar-refractivity contribution >= 4 is 17.6 Å². The van der Waals surface area contributed by atoms with Crippen molar-refractivity contribution in [3.05, 3.63) is 0 Å². The van der Waals surface area contributed by atoms with Crippen LogP contribution in [-0.4, -0.2) is 29.0 Å². The Balaban J connectivity index is 2.66. The molecule has 1 saturated heterocycles. The van der Waals surface area contributed by atoms with Gasteiger partial charge in [0.05, 0.1) is 0 Å². The third kappa shape index (κ3) is 1.84. The minimum absolute atomic E-state index is 0.00203. The number of Topliss-reactive ketones (excluding diaryl/α,β-unsaturated/α-hetero) is 1. The van der Waals surface area contributed by atoms with Crippen LogP contribution in [-0.2, 0) is 14.4 Å². The fourth-order valence-electron chi connectivity index (χ4n) is 1.52. The number of nitrogens with zero attached hydrogens (tertiary/aromatic N) is 1. The number of imide groups is 1. The third-order valence-corrected chi connectivity index (χ3v) is 2.75. The summed E-state index contributed by atoms with van der Waals surface area (Å²) in [6.45, 7) is 5.19. The lowest BCUT2D eigenvalue weighted by molar-refractivity contribution is -0.139. The van der Waals surface area contributed by atoms with Crippen LogP contribution in [0.4, 0.5) is 0 Å². The Hall–Kier alpha value is -1.19. The summed E-state index contributed by atoms with van der Waals surface area (Å²) in [6.07, 6.45) is 0.261. The van der Waals surface area contributed by atoms with Crippen molar-refractivity contribution < 1.29 is 14.4 Å². The molecular weight excluding hydrogens is 182 g/mol. The van der Waals surface area contributed by atoms with Crippen molar-refractivity contribution in [1.82, 2.24) is 4.90 Å². The molecule has 0 aliphatic carbocycles. The van der Waals surface area contributed by atoms with Crippen LogP contribution < -0.4 is 0 Å². The van der Waals surface area contributed by atoms with E-state index in [1.165, 1.54) is 11.8 Å². The van der Waals surface area contributed by atoms with Gasteiger partial charge in [0.1, 0.15) is 5.78 Å². The predicted molar refractivity (Wildman–Crippen MR) is 50.3 cm³/mol. The van der Waals surface area contributed by atoms with Crippen LogP contribution in [0.2, 0.25) is 0 Å². The number of rotatable bonds is 3. The predicted octanol–water partition coefficient (Wildman–Crippen LogP) is 0.607. The highest BCUT2D eigenvalue weighted by molar-refractivity contribution is 6.04. The van der Waals surface area contributed by atoms with Gasteiger partial charge in [-0.05, 0) is 6.92 Å². The minimum Gasteiger partial charge on any atom is -0.300 e. The summed E-state index contributed by atoms with van der Waals surface area (Å²) in [6, 6.07) is 0. The average Bonchev–Trinajstić information content (AvgIpc) is 2.29. The molecule has 1 fully saturated rings. The second-order valence-electron chi connectivity index (χ2n) is 3.86. The Labute approximate surface area is 83.3 Å². The molecule has 0 aromatic carbocycles. The van der Waals surface area contributed by atoms with Crippen LogP contribution in [0, 0.1) is 11.8 Å². The van der Waals surface area contributed by atoms with Gasteiger partial charge >= 0.3 is 0 Å². The fourth-order valence-corrected chi connectivity index (χ4v) is 1.52. The second-order valence-corrected chi connectivity index (χ2v) is 3.86. The SMILES string of the molecule is CC(=O)CCN1C(=O)C(C)C(C)C1=O. The number of hydrogen-bond donors (Lipinski definition) is 0. The van der Waals surface area contributed by atoms with Gasteiger partial charge in [-0.3, -0.25) is 19.3 Å². The third-order valence-electron chi connectivity index (χ3n) is 2.75. The summed E-state index contributed by atoms with van der Waals surface area (Å²) < 4.78 is 0. The van der Waals surface area contributed by atoms with Crippen molar-refractivity contribution in [2.45, 2.75) is 27.2 Å². The first kappa shape index (κ1) is 10.9. The number of ketones is 1. The quantitative estimate of drug-likeness (QED) is 0.623. The lowest BCUT2D eigenvalue weighted by Crippen LogP contribution is -2.32. The van der Waals surface area contributed by atoms with E-state index in [-0.39, 0.29) is 42.4 Å². The second kappa shape index (κ2) is 3.90. The van der Waals surface area contributed by atoms with E-state index < -0.39 is 0 Å². The van der Waals surface area contributed by atoms with Crippen LogP contribution in [0.5, 0.6) is 0 Å². The number of carbonyl (C=O) groups excluding carboxylic acids is 3. The number of likely N-dealkylation sites (tertiary alicyclic amines) is 1. The Morgan fingerprint density at radius 2 is 1.64 bits per heavy atom. The van der Waals surface area contributed by atoms with E-state index in [4.69, 9.17) is 0 Å². The number of hydrogen-bond acceptors (Lipinski definition) is 3. The van der Waals surface area contributed by atoms with Crippen LogP contribution in [0.1, 0.15) is 27.2 Å². The lowest BCUT2D eigenvalue weighted by Gasteiger charge is -2.12. The molecule has 0 N–H and O–H groups in total. The van der Waals surface area contributed by atoms with Gasteiger partial charge in [-0.2, -0.15) is 0 Å². The average molecular weight is 197 g/mol. The molecule has 0 saturated carbocycles. The topological polar surface area (TPSA) is 54.5 Å². The standard InChI is InChI=1S/C10H15NO3/c1-6(12)4-5-11-9(13)7(2)8(3)10(11)14/h7-8H,4-5H2,1-3H3. The van der Waals surface area contributed by atoms with Gasteiger partial charge < -0.3 is 0 Å². The van der Waals surface area contributed by atoms with Gasteiger partial charge in [-0.1, -0.05) is 13.8 Å². The molecule has 2 atom stereocenters. The number of carbonyl (C=O) groups is 3. The van der Waals surface area contributed by atoms with E-state index in [0.717, 1.165) is 0 Å². The highest BCUT2D eigenvalue weighted by Gasteiger charge is 2.41. The zero-order valence-corrected chi connectivity index (χ0v) is 8.74. The van der Waals surface area contributed by atoms with Crippen molar-refractivity contribution in [3.8, 4) is 0 Å². The molecule has 0 radical (unpaired) electrons. The Kier molecular flexibility index (Phi) is 3.03. The van der Waals surface area contributed by atoms with Crippen molar-refractivity contribution in [3.63, 3.8) is 0 Å². The molecule has 0 bridgehead atoms. The summed E-state index contributed by atoms with van der Waals surface area (Å²) in [5, 5.41) is 0. The molecule has 14 heavy (non-hydrogen) atoms. The summed E-state index contributed by atoms with van der Waals surface area (Å²) in [5.41, 5.74) is 0. The van der Waals surface area contributed by atoms with Gasteiger partial charge in [0, 0.05) is 24.8 Å². The molecule has 2 amide bonds.